The summed E-state index contributed by atoms with van der Waals surface area (Å²) in [6, 6.07) is 8.59. The zero-order chi connectivity index (χ0) is 20.9. The number of hydrogen-bond acceptors (Lipinski definition) is 10. The molecular formula is C15H13ClN6O3S4. The number of amides is 1. The van der Waals surface area contributed by atoms with Crippen LogP contribution in [0.3, 0.4) is 0 Å². The Morgan fingerprint density at radius 3 is 2.55 bits per heavy atom. The molecule has 0 saturated carbocycles. The van der Waals surface area contributed by atoms with E-state index in [4.69, 9.17) is 11.6 Å². The molecule has 0 fully saturated rings. The maximum atomic E-state index is 12.4. The summed E-state index contributed by atoms with van der Waals surface area (Å²) >= 11 is 9.59. The highest BCUT2D eigenvalue weighted by Crippen LogP contribution is 2.24. The van der Waals surface area contributed by atoms with Crippen molar-refractivity contribution < 1.29 is 13.2 Å². The number of carbonyl (C=O) groups is 1. The van der Waals surface area contributed by atoms with Crippen molar-refractivity contribution in [3.63, 3.8) is 0 Å². The van der Waals surface area contributed by atoms with E-state index >= 15 is 0 Å². The molecule has 14 heteroatoms. The number of thioether (sulfide) groups is 2. The third-order valence-electron chi connectivity index (χ3n) is 3.22. The van der Waals surface area contributed by atoms with Gasteiger partial charge in [0, 0.05) is 5.69 Å². The molecule has 1 aromatic carbocycles. The largest absolute Gasteiger partial charge is 0.325 e. The molecule has 0 aliphatic rings. The molecule has 0 saturated heterocycles. The molecular weight excluding hydrogens is 476 g/mol. The minimum Gasteiger partial charge on any atom is -0.325 e. The maximum absolute atomic E-state index is 12.4. The summed E-state index contributed by atoms with van der Waals surface area (Å²) in [5.74, 6) is -0.0222. The molecule has 2 heterocycles. The first-order chi connectivity index (χ1) is 13.9. The molecule has 1 amide bonds. The van der Waals surface area contributed by atoms with Crippen molar-refractivity contribution in [3.05, 3.63) is 41.6 Å². The van der Waals surface area contributed by atoms with E-state index in [0.29, 0.717) is 15.2 Å². The summed E-state index contributed by atoms with van der Waals surface area (Å²) in [4.78, 5) is 16.3. The molecule has 3 rings (SSSR count). The highest BCUT2D eigenvalue weighted by Gasteiger charge is 2.15. The Hall–Kier alpha value is -1.93. The summed E-state index contributed by atoms with van der Waals surface area (Å²) in [7, 11) is -3.85. The van der Waals surface area contributed by atoms with Gasteiger partial charge in [0.1, 0.15) is 0 Å². The van der Waals surface area contributed by atoms with Crippen molar-refractivity contribution in [3.8, 4) is 0 Å². The topological polar surface area (TPSA) is 127 Å². The predicted octanol–water partition coefficient (Wildman–Crippen LogP) is 3.24. The molecule has 3 aromatic rings. The molecule has 9 nitrogen and oxygen atoms in total. The molecule has 152 valence electrons. The average molecular weight is 489 g/mol. The summed E-state index contributed by atoms with van der Waals surface area (Å²) in [5.41, 5.74) is 0.475. The van der Waals surface area contributed by atoms with Crippen LogP contribution in [0.25, 0.3) is 0 Å². The van der Waals surface area contributed by atoms with Gasteiger partial charge >= 0.3 is 0 Å². The first-order valence-corrected chi connectivity index (χ1v) is 12.6. The van der Waals surface area contributed by atoms with E-state index in [2.05, 4.69) is 29.6 Å². The number of hydrogen-bond donors (Lipinski definition) is 2. The van der Waals surface area contributed by atoms with Crippen molar-refractivity contribution in [2.45, 2.75) is 14.4 Å². The van der Waals surface area contributed by atoms with Crippen LogP contribution in [0, 0.1) is 0 Å². The quantitative estimate of drug-likeness (QED) is 0.459. The van der Waals surface area contributed by atoms with Gasteiger partial charge in [-0.15, -0.1) is 10.2 Å². The van der Waals surface area contributed by atoms with Crippen LogP contribution in [0.2, 0.25) is 5.15 Å². The Bertz CT molecular complexity index is 1090. The van der Waals surface area contributed by atoms with Crippen molar-refractivity contribution in [1.29, 1.82) is 0 Å². The van der Waals surface area contributed by atoms with E-state index in [-0.39, 0.29) is 27.5 Å². The van der Waals surface area contributed by atoms with Crippen LogP contribution in [0.4, 0.5) is 11.5 Å². The van der Waals surface area contributed by atoms with Gasteiger partial charge in [-0.25, -0.2) is 13.4 Å². The first-order valence-electron chi connectivity index (χ1n) is 7.78. The molecule has 2 N–H and O–H groups in total. The van der Waals surface area contributed by atoms with Gasteiger partial charge in [0.25, 0.3) is 10.0 Å². The van der Waals surface area contributed by atoms with Gasteiger partial charge < -0.3 is 5.32 Å². The molecule has 0 spiro atoms. The first kappa shape index (κ1) is 21.8. The van der Waals surface area contributed by atoms with Crippen LogP contribution in [-0.4, -0.2) is 45.9 Å². The minimum atomic E-state index is -3.85. The number of benzene rings is 1. The minimum absolute atomic E-state index is 0.0140. The van der Waals surface area contributed by atoms with Gasteiger partial charge in [0.15, 0.2) is 15.3 Å². The van der Waals surface area contributed by atoms with Crippen LogP contribution in [0.5, 0.6) is 0 Å². The van der Waals surface area contributed by atoms with Crippen molar-refractivity contribution in [2.24, 2.45) is 0 Å². The summed E-state index contributed by atoms with van der Waals surface area (Å²) in [6.45, 7) is 0. The second-order valence-corrected chi connectivity index (χ2v) is 10.1. The lowest BCUT2D eigenvalue weighted by atomic mass is 10.3. The number of rotatable bonds is 8. The number of aromatic nitrogens is 4. The summed E-state index contributed by atoms with van der Waals surface area (Å²) < 4.78 is 31.9. The van der Waals surface area contributed by atoms with Gasteiger partial charge in [-0.3, -0.25) is 9.52 Å². The highest BCUT2D eigenvalue weighted by atomic mass is 35.5. The number of nitrogens with one attached hydrogen (secondary N) is 2. The highest BCUT2D eigenvalue weighted by molar-refractivity contribution is 8.01. The molecule has 2 aromatic heterocycles. The Morgan fingerprint density at radius 2 is 1.93 bits per heavy atom. The zero-order valence-corrected chi connectivity index (χ0v) is 18.7. The predicted molar refractivity (Wildman–Crippen MR) is 115 cm³/mol. The molecule has 29 heavy (non-hydrogen) atoms. The second kappa shape index (κ2) is 9.71. The second-order valence-electron chi connectivity index (χ2n) is 5.26. The number of carbonyl (C=O) groups excluding carboxylic acids is 1. The fourth-order valence-electron chi connectivity index (χ4n) is 1.95. The van der Waals surface area contributed by atoms with Crippen LogP contribution < -0.4 is 10.0 Å². The Balaban J connectivity index is 1.57. The average Bonchev–Trinajstić information content (AvgIpc) is 3.17. The van der Waals surface area contributed by atoms with Gasteiger partial charge in [-0.05, 0) is 54.2 Å². The molecule has 0 aliphatic heterocycles. The third-order valence-corrected chi connectivity index (χ3v) is 7.29. The number of anilines is 2. The van der Waals surface area contributed by atoms with Gasteiger partial charge in [0.2, 0.25) is 11.1 Å². The maximum Gasteiger partial charge on any atom is 0.263 e. The molecule has 0 bridgehead atoms. The fourth-order valence-corrected chi connectivity index (χ4v) is 5.05. The van der Waals surface area contributed by atoms with Gasteiger partial charge in [-0.2, -0.15) is 4.37 Å². The van der Waals surface area contributed by atoms with Crippen LogP contribution in [0.1, 0.15) is 0 Å². The zero-order valence-electron chi connectivity index (χ0n) is 14.7. The molecule has 0 atom stereocenters. The monoisotopic (exact) mass is 488 g/mol. The normalized spacial score (nSPS) is 11.2. The van der Waals surface area contributed by atoms with Crippen LogP contribution in [-0.2, 0) is 14.8 Å². The SMILES string of the molecule is CSc1nsc(SCC(=O)Nc2ccc(S(=O)(=O)Nc3ccc(Cl)nn3)cc2)n1. The lowest BCUT2D eigenvalue weighted by molar-refractivity contribution is -0.113. The van der Waals surface area contributed by atoms with E-state index in [9.17, 15) is 13.2 Å². The van der Waals surface area contributed by atoms with Crippen LogP contribution >= 0.6 is 46.7 Å². The van der Waals surface area contributed by atoms with Crippen LogP contribution in [0.15, 0.2) is 50.8 Å². The van der Waals surface area contributed by atoms with E-state index in [1.807, 2.05) is 6.26 Å². The Labute approximate surface area is 184 Å². The Morgan fingerprint density at radius 1 is 1.17 bits per heavy atom. The summed E-state index contributed by atoms with van der Waals surface area (Å²) in [5, 5.41) is 10.8. The number of nitrogens with zero attached hydrogens (tertiary/aromatic N) is 4. The standard InChI is InChI=1S/C15H13ClN6O3S4/c1-26-14-18-15(28-21-14)27-8-13(23)17-9-2-4-10(5-3-9)29(24,25)22-12-7-6-11(16)19-20-12/h2-7H,8H2,1H3,(H,17,23)(H,20,22). The van der Waals surface area contributed by atoms with E-state index < -0.39 is 10.0 Å². The molecule has 0 unspecified atom stereocenters. The lowest BCUT2D eigenvalue weighted by Gasteiger charge is -2.08. The Kier molecular flexibility index (Phi) is 7.29. The third kappa shape index (κ3) is 6.27. The fraction of sp³-hybridized carbons (Fsp3) is 0.133. The molecule has 0 aliphatic carbocycles. The molecule has 0 radical (unpaired) electrons. The smallest absolute Gasteiger partial charge is 0.263 e. The van der Waals surface area contributed by atoms with Crippen molar-refractivity contribution in [2.75, 3.05) is 22.0 Å². The number of halogens is 1. The van der Waals surface area contributed by atoms with Gasteiger partial charge in [-0.1, -0.05) is 35.1 Å². The van der Waals surface area contributed by atoms with Crippen molar-refractivity contribution in [1.82, 2.24) is 19.6 Å². The van der Waals surface area contributed by atoms with E-state index in [0.717, 1.165) is 0 Å². The van der Waals surface area contributed by atoms with E-state index in [1.165, 1.54) is 71.5 Å². The number of sulfonamides is 1. The van der Waals surface area contributed by atoms with E-state index in [1.54, 1.807) is 0 Å². The van der Waals surface area contributed by atoms with Gasteiger partial charge in [0.05, 0.1) is 10.6 Å². The summed E-state index contributed by atoms with van der Waals surface area (Å²) in [6.07, 6.45) is 1.88. The van der Waals surface area contributed by atoms with Crippen molar-refractivity contribution >= 4 is 74.1 Å². The lowest BCUT2D eigenvalue weighted by Crippen LogP contribution is -2.15.